The number of amides is 1. The maximum Gasteiger partial charge on any atom is 0.220 e. The number of hydrogen-bond acceptors (Lipinski definition) is 13. The van der Waals surface area contributed by atoms with Crippen LogP contribution in [0.5, 0.6) is 0 Å². The Balaban J connectivity index is 1.60. The summed E-state index contributed by atoms with van der Waals surface area (Å²) in [6, 6.07) is -0.941. The molecule has 0 spiro atoms. The van der Waals surface area contributed by atoms with E-state index in [1.165, 1.54) is 231 Å². The van der Waals surface area contributed by atoms with Gasteiger partial charge in [0.05, 0.1) is 32.0 Å². The van der Waals surface area contributed by atoms with E-state index in [9.17, 15) is 45.6 Å². The molecule has 1 amide bonds. The van der Waals surface area contributed by atoms with Crippen molar-refractivity contribution in [1.82, 2.24) is 5.32 Å². The third-order valence-electron chi connectivity index (χ3n) is 20.4. The minimum Gasteiger partial charge on any atom is -0.394 e. The molecule has 2 aliphatic rings. The van der Waals surface area contributed by atoms with Gasteiger partial charge in [-0.1, -0.05) is 373 Å². The molecule has 12 unspecified atom stereocenters. The summed E-state index contributed by atoms with van der Waals surface area (Å²) < 4.78 is 22.9. The van der Waals surface area contributed by atoms with E-state index < -0.39 is 86.8 Å². The van der Waals surface area contributed by atoms with Crippen molar-refractivity contribution in [2.75, 3.05) is 19.8 Å². The standard InChI is InChI=1S/C91H159NO13/c1-3-5-7-9-11-13-15-17-19-21-23-25-27-29-31-33-35-37-38-39-40-41-42-43-45-47-49-51-53-55-57-59-61-63-65-67-69-71-73-75-83(96)92-79(78-102-90-88(101)86(99)89(82(77-94)104-90)105-91-87(100)85(98)84(97)81(76-93)103-91)80(95)74-72-70-68-66-64-62-60-58-56-54-52-50-48-46-44-36-34-32-30-28-26-24-22-20-18-16-14-12-10-8-6-4-2/h5,7,11,13,17,19,23,25,29,31,35,37,39-40,42-43,64,66,72,74,79-82,84-91,93-95,97-101H,3-4,6,8-10,12,14-16,18,20-22,24,26-28,30,32-34,36,38,41,44-63,65,67-71,73,75-78H2,1-2H3,(H,92,96)/b7-5-,13-11-,19-17-,25-23-,31-29-,37-35-,40-39-,43-42-,66-64+,74-72+. The van der Waals surface area contributed by atoms with Gasteiger partial charge >= 0.3 is 0 Å². The van der Waals surface area contributed by atoms with E-state index in [4.69, 9.17) is 18.9 Å². The van der Waals surface area contributed by atoms with Crippen molar-refractivity contribution in [3.63, 3.8) is 0 Å². The summed E-state index contributed by atoms with van der Waals surface area (Å²) in [5.74, 6) is -0.249. The topological polar surface area (TPSA) is 228 Å². The van der Waals surface area contributed by atoms with Crippen molar-refractivity contribution in [1.29, 1.82) is 0 Å². The number of nitrogens with one attached hydrogen (secondary N) is 1. The lowest BCUT2D eigenvalue weighted by molar-refractivity contribution is -0.359. The molecule has 606 valence electrons. The fourth-order valence-electron chi connectivity index (χ4n) is 13.6. The Morgan fingerprint density at radius 2 is 0.667 bits per heavy atom. The number of rotatable bonds is 72. The molecule has 2 rings (SSSR count). The number of ether oxygens (including phenoxy) is 4. The van der Waals surface area contributed by atoms with Gasteiger partial charge in [0.1, 0.15) is 48.8 Å². The van der Waals surface area contributed by atoms with Gasteiger partial charge < -0.3 is 65.1 Å². The van der Waals surface area contributed by atoms with E-state index in [0.717, 1.165) is 89.9 Å². The Kier molecular flexibility index (Phi) is 68.0. The maximum atomic E-state index is 13.4. The average Bonchev–Trinajstić information content (AvgIpc) is 0.789. The highest BCUT2D eigenvalue weighted by molar-refractivity contribution is 5.76. The Hall–Kier alpha value is -3.61. The van der Waals surface area contributed by atoms with Gasteiger partial charge in [-0.05, 0) is 96.3 Å². The molecular weight excluding hydrogens is 1310 g/mol. The monoisotopic (exact) mass is 1470 g/mol. The van der Waals surface area contributed by atoms with Gasteiger partial charge in [-0.2, -0.15) is 0 Å². The van der Waals surface area contributed by atoms with Gasteiger partial charge in [0, 0.05) is 6.42 Å². The first-order valence-electron chi connectivity index (χ1n) is 43.3. The van der Waals surface area contributed by atoms with Gasteiger partial charge in [0.15, 0.2) is 12.6 Å². The van der Waals surface area contributed by atoms with Crippen molar-refractivity contribution < 1.29 is 64.6 Å². The van der Waals surface area contributed by atoms with Crippen LogP contribution in [-0.4, -0.2) is 140 Å². The van der Waals surface area contributed by atoms with E-state index in [0.29, 0.717) is 12.8 Å². The van der Waals surface area contributed by atoms with Crippen LogP contribution < -0.4 is 5.32 Å². The largest absolute Gasteiger partial charge is 0.394 e. The molecule has 0 aromatic heterocycles. The number of aliphatic hydroxyl groups excluding tert-OH is 8. The molecule has 0 aromatic carbocycles. The quantitative estimate of drug-likeness (QED) is 0.0204. The first-order valence-corrected chi connectivity index (χ1v) is 43.3. The second kappa shape index (κ2) is 73.2. The number of aliphatic hydroxyl groups is 8. The van der Waals surface area contributed by atoms with Crippen LogP contribution in [0.3, 0.4) is 0 Å². The van der Waals surface area contributed by atoms with Crippen LogP contribution in [0.4, 0.5) is 0 Å². The zero-order valence-corrected chi connectivity index (χ0v) is 66.7. The molecule has 14 heteroatoms. The zero-order chi connectivity index (χ0) is 75.8. The zero-order valence-electron chi connectivity index (χ0n) is 66.7. The average molecular weight is 1480 g/mol. The third-order valence-corrected chi connectivity index (χ3v) is 20.4. The minimum absolute atomic E-state index is 0.249. The molecule has 0 aromatic rings. The maximum absolute atomic E-state index is 13.4. The smallest absolute Gasteiger partial charge is 0.220 e. The first kappa shape index (κ1) is 97.5. The summed E-state index contributed by atoms with van der Waals surface area (Å²) in [6.45, 7) is 2.71. The summed E-state index contributed by atoms with van der Waals surface area (Å²) in [4.78, 5) is 13.4. The Morgan fingerprint density at radius 3 is 1.05 bits per heavy atom. The van der Waals surface area contributed by atoms with Crippen LogP contribution in [0.1, 0.15) is 354 Å². The van der Waals surface area contributed by atoms with Crippen molar-refractivity contribution in [2.24, 2.45) is 0 Å². The van der Waals surface area contributed by atoms with E-state index in [2.05, 4.69) is 129 Å². The van der Waals surface area contributed by atoms with Crippen LogP contribution in [0.2, 0.25) is 0 Å². The Morgan fingerprint density at radius 1 is 0.352 bits per heavy atom. The van der Waals surface area contributed by atoms with Crippen LogP contribution in [0, 0.1) is 0 Å². The highest BCUT2D eigenvalue weighted by Crippen LogP contribution is 2.30. The van der Waals surface area contributed by atoms with E-state index in [1.807, 2.05) is 6.08 Å². The molecular formula is C91H159NO13. The van der Waals surface area contributed by atoms with Crippen LogP contribution >= 0.6 is 0 Å². The van der Waals surface area contributed by atoms with Gasteiger partial charge in [0.2, 0.25) is 5.91 Å². The minimum atomic E-state index is -1.80. The summed E-state index contributed by atoms with van der Waals surface area (Å²) in [5, 5.41) is 87.8. The predicted octanol–water partition coefficient (Wildman–Crippen LogP) is 20.7. The Labute approximate surface area is 641 Å². The number of hydrogen-bond donors (Lipinski definition) is 9. The summed E-state index contributed by atoms with van der Waals surface area (Å²) in [5.41, 5.74) is 0. The molecule has 0 aliphatic carbocycles. The molecule has 14 nitrogen and oxygen atoms in total. The number of carbonyl (C=O) groups is 1. The van der Waals surface area contributed by atoms with Crippen molar-refractivity contribution >= 4 is 5.91 Å². The fourth-order valence-corrected chi connectivity index (χ4v) is 13.6. The SMILES string of the molecule is CC/C=C\C/C=C\C/C=C\C/C=C\C/C=C\C/C=C\C/C=C\C/C=C\CCCCCCCCCCCCCCCCC(=O)NC(COC1OC(CO)C(OC2OC(CO)C(O)C(O)C2O)C(O)C1O)C(O)/C=C/CC/C=C/CCCCCCCCCCCCCCCCCCCCCCCCCCCC. The molecule has 2 fully saturated rings. The molecule has 0 saturated carbocycles. The van der Waals surface area contributed by atoms with Gasteiger partial charge in [0.25, 0.3) is 0 Å². The van der Waals surface area contributed by atoms with E-state index in [-0.39, 0.29) is 18.9 Å². The number of unbranched alkanes of at least 4 members (excludes halogenated alkanes) is 41. The molecule has 0 bridgehead atoms. The highest BCUT2D eigenvalue weighted by Gasteiger charge is 2.51. The van der Waals surface area contributed by atoms with Crippen molar-refractivity contribution in [2.45, 2.75) is 428 Å². The van der Waals surface area contributed by atoms with E-state index >= 15 is 0 Å². The summed E-state index contributed by atoms with van der Waals surface area (Å²) in [7, 11) is 0. The molecule has 0 radical (unpaired) electrons. The normalized spacial score (nSPS) is 22.0. The second-order valence-electron chi connectivity index (χ2n) is 29.9. The van der Waals surface area contributed by atoms with Crippen LogP contribution in [0.25, 0.3) is 0 Å². The molecule has 2 heterocycles. The van der Waals surface area contributed by atoms with Gasteiger partial charge in [-0.15, -0.1) is 0 Å². The molecule has 2 aliphatic heterocycles. The van der Waals surface area contributed by atoms with Crippen molar-refractivity contribution in [3.8, 4) is 0 Å². The summed E-state index contributed by atoms with van der Waals surface area (Å²) >= 11 is 0. The third kappa shape index (κ3) is 55.4. The molecule has 2 saturated heterocycles. The van der Waals surface area contributed by atoms with Gasteiger partial charge in [-0.25, -0.2) is 0 Å². The van der Waals surface area contributed by atoms with Crippen LogP contribution in [0.15, 0.2) is 122 Å². The predicted molar refractivity (Wildman–Crippen MR) is 438 cm³/mol. The molecule has 9 N–H and O–H groups in total. The highest BCUT2D eigenvalue weighted by atomic mass is 16.7. The summed E-state index contributed by atoms with van der Waals surface area (Å²) in [6.07, 6.45) is 91.5. The number of carbonyl (C=O) groups excluding carboxylic acids is 1. The second-order valence-corrected chi connectivity index (χ2v) is 29.9. The lowest BCUT2D eigenvalue weighted by atomic mass is 9.97. The fraction of sp³-hybridized carbons (Fsp3) is 0.769. The lowest BCUT2D eigenvalue weighted by Gasteiger charge is -2.46. The first-order chi connectivity index (χ1) is 51.6. The van der Waals surface area contributed by atoms with E-state index in [1.54, 1.807) is 6.08 Å². The van der Waals surface area contributed by atoms with Crippen molar-refractivity contribution in [3.05, 3.63) is 122 Å². The molecule has 12 atom stereocenters. The Bertz CT molecular complexity index is 2240. The van der Waals surface area contributed by atoms with Crippen LogP contribution in [-0.2, 0) is 23.7 Å². The van der Waals surface area contributed by atoms with Gasteiger partial charge in [-0.3, -0.25) is 4.79 Å². The molecule has 105 heavy (non-hydrogen) atoms. The lowest BCUT2D eigenvalue weighted by Crippen LogP contribution is -2.65. The number of allylic oxidation sites excluding steroid dienone is 19.